The third-order valence-corrected chi connectivity index (χ3v) is 2.31. The number of alkyl halides is 2. The van der Waals surface area contributed by atoms with E-state index in [0.717, 1.165) is 0 Å². The van der Waals surface area contributed by atoms with Gasteiger partial charge in [-0.3, -0.25) is 0 Å². The van der Waals surface area contributed by atoms with Crippen molar-refractivity contribution in [3.63, 3.8) is 0 Å². The first-order valence-corrected chi connectivity index (χ1v) is 4.69. The summed E-state index contributed by atoms with van der Waals surface area (Å²) in [7, 11) is 1.24. The number of benzene rings is 1. The number of carbonyl (C=O) groups is 1. The molecule has 0 fully saturated rings. The van der Waals surface area contributed by atoms with Crippen LogP contribution in [-0.2, 0) is 10.7 Å². The number of nitrogens with two attached hydrogens (primary N) is 1. The molecule has 1 aromatic rings. The summed E-state index contributed by atoms with van der Waals surface area (Å²) in [6.07, 6.45) is 0. The Hall–Kier alpha value is -1.49. The topological polar surface area (TPSA) is 52.3 Å². The number of methoxy groups -OCH3 is 1. The van der Waals surface area contributed by atoms with Gasteiger partial charge in [0.15, 0.2) is 0 Å². The van der Waals surface area contributed by atoms with Crippen LogP contribution in [-0.4, -0.2) is 19.6 Å². The summed E-state index contributed by atoms with van der Waals surface area (Å²) in [5, 5.41) is 0. The molecule has 0 bridgehead atoms. The number of hydrogen-bond acceptors (Lipinski definition) is 3. The van der Waals surface area contributed by atoms with Crippen LogP contribution in [0.5, 0.6) is 0 Å². The number of aryl methyl sites for hydroxylation is 1. The van der Waals surface area contributed by atoms with Gasteiger partial charge >= 0.3 is 5.97 Å². The molecule has 0 aromatic heterocycles. The van der Waals surface area contributed by atoms with Crippen molar-refractivity contribution in [2.45, 2.75) is 12.8 Å². The zero-order valence-corrected chi connectivity index (χ0v) is 9.09. The summed E-state index contributed by atoms with van der Waals surface area (Å²) >= 11 is 0. The molecule has 0 amide bonds. The zero-order valence-electron chi connectivity index (χ0n) is 9.09. The molecule has 2 N–H and O–H groups in total. The van der Waals surface area contributed by atoms with Gasteiger partial charge in [-0.05, 0) is 24.6 Å². The number of ether oxygens (including phenoxy) is 1. The van der Waals surface area contributed by atoms with Crippen LogP contribution >= 0.6 is 0 Å². The van der Waals surface area contributed by atoms with E-state index in [0.29, 0.717) is 5.56 Å². The predicted molar refractivity (Wildman–Crippen MR) is 55.5 cm³/mol. The molecule has 5 heteroatoms. The van der Waals surface area contributed by atoms with Gasteiger partial charge in [-0.1, -0.05) is 6.07 Å². The average molecular weight is 229 g/mol. The normalized spacial score (nSPS) is 11.3. The molecule has 0 unspecified atom stereocenters. The highest BCUT2D eigenvalue weighted by Gasteiger charge is 2.30. The standard InChI is InChI=1S/C11H13F2NO2/c1-7-5-8(11(12,13)6-14)3-4-9(7)10(15)16-2/h3-5H,6,14H2,1-2H3. The lowest BCUT2D eigenvalue weighted by Gasteiger charge is -2.15. The second-order valence-corrected chi connectivity index (χ2v) is 3.43. The first-order chi connectivity index (χ1) is 7.42. The molecular weight excluding hydrogens is 216 g/mol. The maximum absolute atomic E-state index is 13.2. The molecule has 88 valence electrons. The van der Waals surface area contributed by atoms with Gasteiger partial charge < -0.3 is 10.5 Å². The molecule has 0 radical (unpaired) electrons. The van der Waals surface area contributed by atoms with Crippen LogP contribution in [0.15, 0.2) is 18.2 Å². The van der Waals surface area contributed by atoms with E-state index in [1.54, 1.807) is 6.92 Å². The Bertz CT molecular complexity index is 405. The van der Waals surface area contributed by atoms with E-state index < -0.39 is 18.4 Å². The number of carbonyl (C=O) groups excluding carboxylic acids is 1. The first kappa shape index (κ1) is 12.6. The highest BCUT2D eigenvalue weighted by molar-refractivity contribution is 5.91. The Kier molecular flexibility index (Phi) is 3.59. The van der Waals surface area contributed by atoms with Gasteiger partial charge in [0.05, 0.1) is 19.2 Å². The van der Waals surface area contributed by atoms with Crippen molar-refractivity contribution >= 4 is 5.97 Å². The number of hydrogen-bond donors (Lipinski definition) is 1. The van der Waals surface area contributed by atoms with Gasteiger partial charge in [-0.15, -0.1) is 0 Å². The molecular formula is C11H13F2NO2. The SMILES string of the molecule is COC(=O)c1ccc(C(F)(F)CN)cc1C. The fourth-order valence-electron chi connectivity index (χ4n) is 1.35. The number of rotatable bonds is 3. The van der Waals surface area contributed by atoms with Gasteiger partial charge in [-0.25, -0.2) is 4.79 Å². The molecule has 0 aliphatic heterocycles. The minimum atomic E-state index is -3.07. The van der Waals surface area contributed by atoms with Crippen LogP contribution in [0.4, 0.5) is 8.78 Å². The fraction of sp³-hybridized carbons (Fsp3) is 0.364. The summed E-state index contributed by atoms with van der Waals surface area (Å²) in [5.74, 6) is -3.61. The Morgan fingerprint density at radius 3 is 2.56 bits per heavy atom. The van der Waals surface area contributed by atoms with Crippen molar-refractivity contribution in [1.82, 2.24) is 0 Å². The second-order valence-electron chi connectivity index (χ2n) is 3.43. The largest absolute Gasteiger partial charge is 0.465 e. The average Bonchev–Trinajstić information content (AvgIpc) is 2.28. The van der Waals surface area contributed by atoms with Crippen molar-refractivity contribution in [3.05, 3.63) is 34.9 Å². The zero-order chi connectivity index (χ0) is 12.3. The number of esters is 1. The van der Waals surface area contributed by atoms with E-state index in [2.05, 4.69) is 4.74 Å². The van der Waals surface area contributed by atoms with Crippen molar-refractivity contribution in [3.8, 4) is 0 Å². The maximum Gasteiger partial charge on any atom is 0.338 e. The van der Waals surface area contributed by atoms with E-state index >= 15 is 0 Å². The van der Waals surface area contributed by atoms with Crippen LogP contribution in [0.25, 0.3) is 0 Å². The molecule has 16 heavy (non-hydrogen) atoms. The fourth-order valence-corrected chi connectivity index (χ4v) is 1.35. The van der Waals surface area contributed by atoms with Crippen LogP contribution in [0.3, 0.4) is 0 Å². The summed E-state index contributed by atoms with van der Waals surface area (Å²) in [4.78, 5) is 11.2. The summed E-state index contributed by atoms with van der Waals surface area (Å²) in [6, 6.07) is 3.76. The summed E-state index contributed by atoms with van der Waals surface area (Å²) in [6.45, 7) is 0.812. The van der Waals surface area contributed by atoms with Crippen LogP contribution in [0.1, 0.15) is 21.5 Å². The lowest BCUT2D eigenvalue weighted by atomic mass is 10.0. The van der Waals surface area contributed by atoms with Crippen molar-refractivity contribution in [2.75, 3.05) is 13.7 Å². The van der Waals surface area contributed by atoms with E-state index in [-0.39, 0.29) is 11.1 Å². The Balaban J connectivity index is 3.14. The molecule has 0 saturated heterocycles. The van der Waals surface area contributed by atoms with Crippen LogP contribution in [0.2, 0.25) is 0 Å². The Morgan fingerprint density at radius 2 is 2.12 bits per heavy atom. The molecule has 0 atom stereocenters. The molecule has 0 spiro atoms. The van der Waals surface area contributed by atoms with E-state index in [9.17, 15) is 13.6 Å². The Labute approximate surface area is 92.2 Å². The smallest absolute Gasteiger partial charge is 0.338 e. The highest BCUT2D eigenvalue weighted by Crippen LogP contribution is 2.28. The van der Waals surface area contributed by atoms with Gasteiger partial charge in [-0.2, -0.15) is 8.78 Å². The van der Waals surface area contributed by atoms with Crippen LogP contribution < -0.4 is 5.73 Å². The second kappa shape index (κ2) is 4.57. The third-order valence-electron chi connectivity index (χ3n) is 2.31. The van der Waals surface area contributed by atoms with Crippen molar-refractivity contribution in [2.24, 2.45) is 5.73 Å². The predicted octanol–water partition coefficient (Wildman–Crippen LogP) is 1.83. The number of halogens is 2. The lowest BCUT2D eigenvalue weighted by Crippen LogP contribution is -2.25. The quantitative estimate of drug-likeness (QED) is 0.804. The minimum Gasteiger partial charge on any atom is -0.465 e. The van der Waals surface area contributed by atoms with Crippen LogP contribution in [0, 0.1) is 6.92 Å². The maximum atomic E-state index is 13.2. The Morgan fingerprint density at radius 1 is 1.50 bits per heavy atom. The molecule has 0 saturated carbocycles. The van der Waals surface area contributed by atoms with Gasteiger partial charge in [0.1, 0.15) is 0 Å². The molecule has 0 aliphatic rings. The van der Waals surface area contributed by atoms with E-state index in [4.69, 9.17) is 5.73 Å². The lowest BCUT2D eigenvalue weighted by molar-refractivity contribution is 0.00582. The highest BCUT2D eigenvalue weighted by atomic mass is 19.3. The van der Waals surface area contributed by atoms with Gasteiger partial charge in [0.25, 0.3) is 5.92 Å². The molecule has 0 heterocycles. The van der Waals surface area contributed by atoms with E-state index in [1.165, 1.54) is 25.3 Å². The monoisotopic (exact) mass is 229 g/mol. The summed E-state index contributed by atoms with van der Waals surface area (Å²) < 4.78 is 31.0. The molecule has 3 nitrogen and oxygen atoms in total. The van der Waals surface area contributed by atoms with Crippen molar-refractivity contribution < 1.29 is 18.3 Å². The molecule has 1 rings (SSSR count). The molecule has 1 aromatic carbocycles. The third kappa shape index (κ3) is 2.36. The summed E-state index contributed by atoms with van der Waals surface area (Å²) in [5.41, 5.74) is 5.50. The van der Waals surface area contributed by atoms with Crippen molar-refractivity contribution in [1.29, 1.82) is 0 Å². The molecule has 0 aliphatic carbocycles. The van der Waals surface area contributed by atoms with E-state index in [1.807, 2.05) is 0 Å². The van der Waals surface area contributed by atoms with Gasteiger partial charge in [0.2, 0.25) is 0 Å². The van der Waals surface area contributed by atoms with Gasteiger partial charge in [0, 0.05) is 5.56 Å². The first-order valence-electron chi connectivity index (χ1n) is 4.69. The minimum absolute atomic E-state index is 0.194.